The van der Waals surface area contributed by atoms with Crippen LogP contribution < -0.4 is 10.1 Å². The van der Waals surface area contributed by atoms with Crippen molar-refractivity contribution in [3.63, 3.8) is 0 Å². The Labute approximate surface area is 109 Å². The van der Waals surface area contributed by atoms with E-state index in [-0.39, 0.29) is 18.4 Å². The second-order valence-corrected chi connectivity index (χ2v) is 4.66. The maximum atomic E-state index is 11.2. The van der Waals surface area contributed by atoms with Crippen LogP contribution in [-0.2, 0) is 4.79 Å². The number of anilines is 1. The Morgan fingerprint density at radius 2 is 2.24 bits per heavy atom. The van der Waals surface area contributed by atoms with E-state index in [9.17, 15) is 9.90 Å². The molecule has 0 bridgehead atoms. The lowest BCUT2D eigenvalue weighted by Gasteiger charge is -2.19. The van der Waals surface area contributed by atoms with Gasteiger partial charge in [0.25, 0.3) is 0 Å². The largest absolute Gasteiger partial charge is 0.495 e. The van der Waals surface area contributed by atoms with Crippen LogP contribution >= 0.6 is 15.9 Å². The first-order valence-corrected chi connectivity index (χ1v) is 6.05. The number of nitrogens with one attached hydrogen (secondary N) is 1. The summed E-state index contributed by atoms with van der Waals surface area (Å²) in [5.41, 5.74) is 1.44. The minimum atomic E-state index is -0.173. The van der Waals surface area contributed by atoms with Crippen molar-refractivity contribution >= 4 is 27.5 Å². The number of methoxy groups -OCH3 is 1. The van der Waals surface area contributed by atoms with Crippen LogP contribution in [0.15, 0.2) is 16.6 Å². The fourth-order valence-corrected chi connectivity index (χ4v) is 2.34. The van der Waals surface area contributed by atoms with Gasteiger partial charge in [0.2, 0.25) is 5.91 Å². The number of hydrogen-bond donors (Lipinski definition) is 2. The van der Waals surface area contributed by atoms with Gasteiger partial charge < -0.3 is 15.2 Å². The minimum absolute atomic E-state index is 0.00163. The van der Waals surface area contributed by atoms with Gasteiger partial charge in [0, 0.05) is 23.9 Å². The Balaban J connectivity index is 3.36. The highest BCUT2D eigenvalue weighted by Crippen LogP contribution is 2.38. The first-order chi connectivity index (χ1) is 8.01. The van der Waals surface area contributed by atoms with Crippen LogP contribution in [0.3, 0.4) is 0 Å². The highest BCUT2D eigenvalue weighted by atomic mass is 79.9. The molecule has 0 fully saturated rings. The van der Waals surface area contributed by atoms with Gasteiger partial charge in [-0.25, -0.2) is 0 Å². The summed E-state index contributed by atoms with van der Waals surface area (Å²) in [5.74, 6) is 0.313. The van der Waals surface area contributed by atoms with Crippen molar-refractivity contribution in [3.05, 3.63) is 22.2 Å². The Bertz CT molecular complexity index is 420. The van der Waals surface area contributed by atoms with Crippen molar-refractivity contribution in [3.8, 4) is 5.75 Å². The van der Waals surface area contributed by atoms with Gasteiger partial charge in [-0.05, 0) is 17.7 Å². The van der Waals surface area contributed by atoms with E-state index in [4.69, 9.17) is 4.74 Å². The van der Waals surface area contributed by atoms with Gasteiger partial charge in [-0.15, -0.1) is 0 Å². The maximum absolute atomic E-state index is 11.2. The molecule has 0 heterocycles. The summed E-state index contributed by atoms with van der Waals surface area (Å²) in [7, 11) is 1.54. The highest BCUT2D eigenvalue weighted by molar-refractivity contribution is 9.10. The van der Waals surface area contributed by atoms with Gasteiger partial charge in [-0.2, -0.15) is 0 Å². The standard InChI is InChI=1S/C12H16BrNO3/c1-7(6-15)11-9(13)4-5-10(17-3)12(11)14-8(2)16/h4-5,7,15H,6H2,1-3H3,(H,14,16). The van der Waals surface area contributed by atoms with Crippen LogP contribution in [0.5, 0.6) is 5.75 Å². The van der Waals surface area contributed by atoms with E-state index in [1.807, 2.05) is 13.0 Å². The van der Waals surface area contributed by atoms with Crippen molar-refractivity contribution in [1.29, 1.82) is 0 Å². The normalized spacial score (nSPS) is 12.1. The lowest BCUT2D eigenvalue weighted by Crippen LogP contribution is -2.12. The third kappa shape index (κ3) is 3.20. The van der Waals surface area contributed by atoms with Gasteiger partial charge in [0.15, 0.2) is 0 Å². The molecule has 4 nitrogen and oxygen atoms in total. The smallest absolute Gasteiger partial charge is 0.221 e. The monoisotopic (exact) mass is 301 g/mol. The topological polar surface area (TPSA) is 58.6 Å². The summed E-state index contributed by atoms with van der Waals surface area (Å²) < 4.78 is 6.06. The maximum Gasteiger partial charge on any atom is 0.221 e. The summed E-state index contributed by atoms with van der Waals surface area (Å²) in [5, 5.41) is 12.0. The number of halogens is 1. The Kier molecular flexibility index (Phi) is 4.96. The highest BCUT2D eigenvalue weighted by Gasteiger charge is 2.18. The predicted molar refractivity (Wildman–Crippen MR) is 70.5 cm³/mol. The van der Waals surface area contributed by atoms with Gasteiger partial charge >= 0.3 is 0 Å². The number of rotatable bonds is 4. The van der Waals surface area contributed by atoms with Crippen LogP contribution in [0.2, 0.25) is 0 Å². The number of hydrogen-bond acceptors (Lipinski definition) is 3. The molecule has 0 aliphatic heterocycles. The summed E-state index contributed by atoms with van der Waals surface area (Å²) in [6, 6.07) is 3.61. The Hall–Kier alpha value is -1.07. The number of aliphatic hydroxyl groups is 1. The van der Waals surface area contributed by atoms with E-state index in [1.165, 1.54) is 6.92 Å². The van der Waals surface area contributed by atoms with Crippen molar-refractivity contribution in [1.82, 2.24) is 0 Å². The number of carbonyl (C=O) groups excluding carboxylic acids is 1. The van der Waals surface area contributed by atoms with Crippen molar-refractivity contribution in [2.24, 2.45) is 0 Å². The molecule has 0 saturated heterocycles. The number of aliphatic hydroxyl groups excluding tert-OH is 1. The number of benzene rings is 1. The quantitative estimate of drug-likeness (QED) is 0.898. The van der Waals surface area contributed by atoms with Crippen LogP contribution in [0.25, 0.3) is 0 Å². The van der Waals surface area contributed by atoms with Crippen LogP contribution in [0.1, 0.15) is 25.3 Å². The van der Waals surface area contributed by atoms with E-state index in [0.29, 0.717) is 11.4 Å². The number of ether oxygens (including phenoxy) is 1. The van der Waals surface area contributed by atoms with Crippen molar-refractivity contribution in [2.75, 3.05) is 19.0 Å². The van der Waals surface area contributed by atoms with Crippen LogP contribution in [-0.4, -0.2) is 24.7 Å². The third-order valence-electron chi connectivity index (χ3n) is 2.44. The van der Waals surface area contributed by atoms with Gasteiger partial charge in [-0.1, -0.05) is 22.9 Å². The van der Waals surface area contributed by atoms with Crippen molar-refractivity contribution in [2.45, 2.75) is 19.8 Å². The summed E-state index contributed by atoms with van der Waals surface area (Å²) in [6.45, 7) is 3.32. The average molecular weight is 302 g/mol. The van der Waals surface area contributed by atoms with E-state index in [0.717, 1.165) is 10.0 Å². The molecule has 1 atom stereocenters. The zero-order valence-electron chi connectivity index (χ0n) is 10.1. The zero-order valence-corrected chi connectivity index (χ0v) is 11.7. The summed E-state index contributed by atoms with van der Waals surface area (Å²) in [6.07, 6.45) is 0. The zero-order chi connectivity index (χ0) is 13.0. The molecule has 17 heavy (non-hydrogen) atoms. The van der Waals surface area contributed by atoms with Crippen molar-refractivity contribution < 1.29 is 14.6 Å². The van der Waals surface area contributed by atoms with E-state index >= 15 is 0 Å². The minimum Gasteiger partial charge on any atom is -0.495 e. The fourth-order valence-electron chi connectivity index (χ4n) is 1.62. The molecule has 0 aromatic heterocycles. The molecular weight excluding hydrogens is 286 g/mol. The molecule has 1 rings (SSSR count). The lowest BCUT2D eigenvalue weighted by molar-refractivity contribution is -0.114. The molecule has 0 aliphatic rings. The second kappa shape index (κ2) is 6.02. The molecule has 2 N–H and O–H groups in total. The molecule has 0 saturated carbocycles. The molecule has 0 aliphatic carbocycles. The fraction of sp³-hybridized carbons (Fsp3) is 0.417. The molecule has 1 unspecified atom stereocenters. The number of amides is 1. The van der Waals surface area contributed by atoms with Crippen LogP contribution in [0.4, 0.5) is 5.69 Å². The number of carbonyl (C=O) groups is 1. The lowest BCUT2D eigenvalue weighted by atomic mass is 9.99. The summed E-state index contributed by atoms with van der Waals surface area (Å²) >= 11 is 3.42. The third-order valence-corrected chi connectivity index (χ3v) is 3.13. The Morgan fingerprint density at radius 1 is 1.59 bits per heavy atom. The van der Waals surface area contributed by atoms with Gasteiger partial charge in [0.1, 0.15) is 5.75 Å². The second-order valence-electron chi connectivity index (χ2n) is 3.80. The SMILES string of the molecule is COc1ccc(Br)c(C(C)CO)c1NC(C)=O. The first-order valence-electron chi connectivity index (χ1n) is 5.26. The van der Waals surface area contributed by atoms with Crippen LogP contribution in [0, 0.1) is 0 Å². The molecule has 0 radical (unpaired) electrons. The van der Waals surface area contributed by atoms with E-state index in [1.54, 1.807) is 13.2 Å². The molecule has 1 amide bonds. The molecule has 1 aromatic rings. The van der Waals surface area contributed by atoms with E-state index in [2.05, 4.69) is 21.2 Å². The van der Waals surface area contributed by atoms with E-state index < -0.39 is 0 Å². The molecular formula is C12H16BrNO3. The molecule has 1 aromatic carbocycles. The molecule has 5 heteroatoms. The first kappa shape index (κ1) is 14.0. The predicted octanol–water partition coefficient (Wildman–Crippen LogP) is 2.51. The molecule has 94 valence electrons. The molecule has 0 spiro atoms. The van der Waals surface area contributed by atoms with Gasteiger partial charge in [-0.3, -0.25) is 4.79 Å². The average Bonchev–Trinajstić information content (AvgIpc) is 2.28. The Morgan fingerprint density at radius 3 is 2.71 bits per heavy atom. The summed E-state index contributed by atoms with van der Waals surface area (Å²) in [4.78, 5) is 11.2. The van der Waals surface area contributed by atoms with Gasteiger partial charge in [0.05, 0.1) is 12.8 Å².